The van der Waals surface area contributed by atoms with Crippen LogP contribution in [0.5, 0.6) is 0 Å². The summed E-state index contributed by atoms with van der Waals surface area (Å²) in [6, 6.07) is 3.29. The Morgan fingerprint density at radius 2 is 2.05 bits per heavy atom. The van der Waals surface area contributed by atoms with Crippen molar-refractivity contribution < 1.29 is 9.59 Å². The first-order valence-electron chi connectivity index (χ1n) is 6.45. The molecule has 0 aliphatic heterocycles. The van der Waals surface area contributed by atoms with Crippen LogP contribution in [0.3, 0.4) is 0 Å². The average molecular weight is 279 g/mol. The second-order valence-electron chi connectivity index (χ2n) is 4.64. The van der Waals surface area contributed by atoms with Gasteiger partial charge in [-0.25, -0.2) is 10.8 Å². The van der Waals surface area contributed by atoms with Gasteiger partial charge in [-0.05, 0) is 18.1 Å². The summed E-state index contributed by atoms with van der Waals surface area (Å²) in [4.78, 5) is 27.4. The molecule has 110 valence electrons. The molecule has 7 nitrogen and oxygen atoms in total. The van der Waals surface area contributed by atoms with E-state index in [1.165, 1.54) is 0 Å². The fourth-order valence-electron chi connectivity index (χ4n) is 1.57. The van der Waals surface area contributed by atoms with Gasteiger partial charge in [0.1, 0.15) is 5.82 Å². The maximum Gasteiger partial charge on any atom is 0.251 e. The average Bonchev–Trinajstić information content (AvgIpc) is 2.46. The monoisotopic (exact) mass is 279 g/mol. The Morgan fingerprint density at radius 3 is 2.60 bits per heavy atom. The third-order valence-electron chi connectivity index (χ3n) is 2.76. The molecule has 0 radical (unpaired) electrons. The minimum Gasteiger partial charge on any atom is -0.359 e. The van der Waals surface area contributed by atoms with E-state index in [0.717, 1.165) is 5.69 Å². The number of hydrogen-bond acceptors (Lipinski definition) is 5. The Labute approximate surface area is 118 Å². The fourth-order valence-corrected chi connectivity index (χ4v) is 1.57. The van der Waals surface area contributed by atoms with Crippen molar-refractivity contribution in [3.05, 3.63) is 23.4 Å². The Hall–Kier alpha value is -2.15. The van der Waals surface area contributed by atoms with E-state index in [-0.39, 0.29) is 30.7 Å². The number of anilines is 1. The largest absolute Gasteiger partial charge is 0.359 e. The Morgan fingerprint density at radius 1 is 1.35 bits per heavy atom. The molecule has 2 amide bonds. The highest BCUT2D eigenvalue weighted by atomic mass is 16.2. The number of carbonyl (C=O) groups excluding carboxylic acids is 2. The van der Waals surface area contributed by atoms with Gasteiger partial charge in [0.25, 0.3) is 5.91 Å². The summed E-state index contributed by atoms with van der Waals surface area (Å²) in [5.74, 6) is 5.59. The summed E-state index contributed by atoms with van der Waals surface area (Å²) in [7, 11) is 1.56. The summed E-state index contributed by atoms with van der Waals surface area (Å²) in [6.07, 6.45) is 0.242. The predicted molar refractivity (Wildman–Crippen MR) is 77.2 cm³/mol. The third kappa shape index (κ3) is 4.51. The van der Waals surface area contributed by atoms with Gasteiger partial charge in [0, 0.05) is 31.3 Å². The van der Waals surface area contributed by atoms with E-state index in [9.17, 15) is 9.59 Å². The number of amides is 2. The minimum atomic E-state index is -0.255. The van der Waals surface area contributed by atoms with Crippen LogP contribution in [0.15, 0.2) is 12.1 Å². The smallest absolute Gasteiger partial charge is 0.251 e. The number of nitrogen functional groups attached to an aromatic ring is 1. The van der Waals surface area contributed by atoms with Crippen LogP contribution in [0.25, 0.3) is 0 Å². The SMILES string of the molecule is CNC(=O)CCNC(=O)c1cc(NN)nc(C(C)C)c1. The minimum absolute atomic E-state index is 0.118. The zero-order valence-corrected chi connectivity index (χ0v) is 12.0. The number of nitrogens with zero attached hydrogens (tertiary/aromatic N) is 1. The number of carbonyl (C=O) groups is 2. The topological polar surface area (TPSA) is 109 Å². The molecule has 1 heterocycles. The molecule has 1 rings (SSSR count). The standard InChI is InChI=1S/C13H21N5O2/c1-8(2)10-6-9(7-11(17-10)18-14)13(20)16-5-4-12(19)15-3/h6-8H,4-5,14H2,1-3H3,(H,15,19)(H,16,20)(H,17,18). The number of rotatable bonds is 6. The molecule has 1 aromatic rings. The van der Waals surface area contributed by atoms with E-state index in [2.05, 4.69) is 21.0 Å². The highest BCUT2D eigenvalue weighted by Crippen LogP contribution is 2.17. The molecule has 20 heavy (non-hydrogen) atoms. The predicted octanol–water partition coefficient (Wildman–Crippen LogP) is 0.357. The molecular weight excluding hydrogens is 258 g/mol. The first kappa shape index (κ1) is 15.9. The van der Waals surface area contributed by atoms with Gasteiger partial charge in [0.05, 0.1) is 0 Å². The van der Waals surface area contributed by atoms with Crippen LogP contribution in [0, 0.1) is 0 Å². The zero-order valence-electron chi connectivity index (χ0n) is 12.0. The zero-order chi connectivity index (χ0) is 15.1. The van der Waals surface area contributed by atoms with Crippen molar-refractivity contribution >= 4 is 17.6 Å². The summed E-state index contributed by atoms with van der Waals surface area (Å²) in [5.41, 5.74) is 3.69. The molecule has 0 aliphatic rings. The van der Waals surface area contributed by atoms with Crippen LogP contribution in [0.2, 0.25) is 0 Å². The highest BCUT2D eigenvalue weighted by molar-refractivity contribution is 5.95. The molecule has 0 unspecified atom stereocenters. The van der Waals surface area contributed by atoms with E-state index in [1.807, 2.05) is 13.8 Å². The van der Waals surface area contributed by atoms with E-state index >= 15 is 0 Å². The maximum atomic E-state index is 12.0. The first-order valence-corrected chi connectivity index (χ1v) is 6.45. The van der Waals surface area contributed by atoms with Gasteiger partial charge in [-0.3, -0.25) is 9.59 Å². The van der Waals surface area contributed by atoms with Crippen molar-refractivity contribution in [1.82, 2.24) is 15.6 Å². The van der Waals surface area contributed by atoms with Crippen LogP contribution in [-0.2, 0) is 4.79 Å². The normalized spacial score (nSPS) is 10.2. The summed E-state index contributed by atoms with van der Waals surface area (Å²) in [5, 5.41) is 5.18. The molecular formula is C13H21N5O2. The number of nitrogens with one attached hydrogen (secondary N) is 3. The Balaban J connectivity index is 2.76. The molecule has 0 bridgehead atoms. The van der Waals surface area contributed by atoms with Crippen LogP contribution < -0.4 is 21.9 Å². The van der Waals surface area contributed by atoms with Crippen molar-refractivity contribution in [2.24, 2.45) is 5.84 Å². The highest BCUT2D eigenvalue weighted by Gasteiger charge is 2.11. The second kappa shape index (κ2) is 7.44. The van der Waals surface area contributed by atoms with Gasteiger partial charge in [-0.15, -0.1) is 0 Å². The van der Waals surface area contributed by atoms with Gasteiger partial charge >= 0.3 is 0 Å². The van der Waals surface area contributed by atoms with Crippen LogP contribution in [0.4, 0.5) is 5.82 Å². The molecule has 0 atom stereocenters. The number of aromatic nitrogens is 1. The van der Waals surface area contributed by atoms with Crippen LogP contribution in [-0.4, -0.2) is 30.4 Å². The number of pyridine rings is 1. The molecule has 1 aromatic heterocycles. The first-order chi connectivity index (χ1) is 9.47. The van der Waals surface area contributed by atoms with Crippen LogP contribution >= 0.6 is 0 Å². The Kier molecular flexibility index (Phi) is 5.92. The molecule has 0 aromatic carbocycles. The molecule has 7 heteroatoms. The van der Waals surface area contributed by atoms with E-state index in [0.29, 0.717) is 11.4 Å². The molecule has 0 fully saturated rings. The van der Waals surface area contributed by atoms with Gasteiger partial charge < -0.3 is 16.1 Å². The number of hydrogen-bond donors (Lipinski definition) is 4. The number of nitrogens with two attached hydrogens (primary N) is 1. The van der Waals surface area contributed by atoms with Gasteiger partial charge in [-0.1, -0.05) is 13.8 Å². The number of hydrazine groups is 1. The Bertz CT molecular complexity index is 488. The van der Waals surface area contributed by atoms with E-state index in [4.69, 9.17) is 5.84 Å². The van der Waals surface area contributed by atoms with Gasteiger partial charge in [-0.2, -0.15) is 0 Å². The van der Waals surface area contributed by atoms with Gasteiger partial charge in [0.15, 0.2) is 0 Å². The van der Waals surface area contributed by atoms with Crippen molar-refractivity contribution in [2.45, 2.75) is 26.2 Å². The van der Waals surface area contributed by atoms with Crippen molar-refractivity contribution in [2.75, 3.05) is 19.0 Å². The molecule has 0 saturated heterocycles. The van der Waals surface area contributed by atoms with E-state index < -0.39 is 0 Å². The van der Waals surface area contributed by atoms with E-state index in [1.54, 1.807) is 19.2 Å². The lowest BCUT2D eigenvalue weighted by molar-refractivity contribution is -0.120. The van der Waals surface area contributed by atoms with Crippen molar-refractivity contribution in [1.29, 1.82) is 0 Å². The quantitative estimate of drug-likeness (QED) is 0.444. The molecule has 5 N–H and O–H groups in total. The fraction of sp³-hybridized carbons (Fsp3) is 0.462. The summed E-state index contributed by atoms with van der Waals surface area (Å²) in [6.45, 7) is 4.25. The lowest BCUT2D eigenvalue weighted by Crippen LogP contribution is -2.29. The third-order valence-corrected chi connectivity index (χ3v) is 2.76. The van der Waals surface area contributed by atoms with Crippen LogP contribution in [0.1, 0.15) is 42.2 Å². The summed E-state index contributed by atoms with van der Waals surface area (Å²) < 4.78 is 0. The second-order valence-corrected chi connectivity index (χ2v) is 4.64. The maximum absolute atomic E-state index is 12.0. The lowest BCUT2D eigenvalue weighted by Gasteiger charge is -2.11. The molecule has 0 aliphatic carbocycles. The van der Waals surface area contributed by atoms with Crippen molar-refractivity contribution in [3.63, 3.8) is 0 Å². The molecule has 0 saturated carbocycles. The van der Waals surface area contributed by atoms with Crippen molar-refractivity contribution in [3.8, 4) is 0 Å². The lowest BCUT2D eigenvalue weighted by atomic mass is 10.1. The summed E-state index contributed by atoms with van der Waals surface area (Å²) >= 11 is 0. The molecule has 0 spiro atoms. The van der Waals surface area contributed by atoms with Gasteiger partial charge in [0.2, 0.25) is 5.91 Å².